The molecule has 0 saturated heterocycles. The van der Waals surface area contributed by atoms with Crippen LogP contribution < -0.4 is 5.32 Å². The average molecular weight is 361 g/mol. The van der Waals surface area contributed by atoms with E-state index in [0.29, 0.717) is 30.2 Å². The third kappa shape index (κ3) is 3.71. The van der Waals surface area contributed by atoms with Crippen molar-refractivity contribution >= 4 is 17.8 Å². The SMILES string of the molecule is Cc1cc(NC(=O)c2c3c(nn2C)CCN(C(=O)OC(C)(C)C)C3)no1. The van der Waals surface area contributed by atoms with Crippen molar-refractivity contribution in [3.05, 3.63) is 28.8 Å². The van der Waals surface area contributed by atoms with E-state index in [4.69, 9.17) is 9.26 Å². The first-order valence-corrected chi connectivity index (χ1v) is 8.41. The minimum absolute atomic E-state index is 0.276. The number of nitrogens with one attached hydrogen (secondary N) is 1. The molecular weight excluding hydrogens is 338 g/mol. The summed E-state index contributed by atoms with van der Waals surface area (Å²) in [5.74, 6) is 0.589. The highest BCUT2D eigenvalue weighted by Crippen LogP contribution is 2.24. The Labute approximate surface area is 151 Å². The average Bonchev–Trinajstić information content (AvgIpc) is 3.06. The molecule has 0 aliphatic carbocycles. The summed E-state index contributed by atoms with van der Waals surface area (Å²) >= 11 is 0. The summed E-state index contributed by atoms with van der Waals surface area (Å²) in [5.41, 5.74) is 1.36. The van der Waals surface area contributed by atoms with Gasteiger partial charge in [-0.1, -0.05) is 5.16 Å². The van der Waals surface area contributed by atoms with Gasteiger partial charge in [0, 0.05) is 31.6 Å². The molecule has 9 heteroatoms. The van der Waals surface area contributed by atoms with E-state index in [1.807, 2.05) is 20.8 Å². The zero-order valence-corrected chi connectivity index (χ0v) is 15.6. The number of amides is 2. The number of ether oxygens (including phenoxy) is 1. The van der Waals surface area contributed by atoms with E-state index < -0.39 is 11.7 Å². The Kier molecular flexibility index (Phi) is 4.47. The lowest BCUT2D eigenvalue weighted by Crippen LogP contribution is -2.40. The molecule has 0 unspecified atom stereocenters. The molecule has 0 bridgehead atoms. The fourth-order valence-electron chi connectivity index (χ4n) is 2.87. The Hall–Kier alpha value is -2.84. The van der Waals surface area contributed by atoms with E-state index in [2.05, 4.69) is 15.6 Å². The molecule has 0 radical (unpaired) electrons. The maximum atomic E-state index is 12.7. The van der Waals surface area contributed by atoms with Crippen LogP contribution >= 0.6 is 0 Å². The van der Waals surface area contributed by atoms with E-state index in [1.165, 1.54) is 4.68 Å². The number of hydrogen-bond acceptors (Lipinski definition) is 6. The van der Waals surface area contributed by atoms with E-state index in [-0.39, 0.29) is 12.5 Å². The quantitative estimate of drug-likeness (QED) is 0.880. The maximum absolute atomic E-state index is 12.7. The summed E-state index contributed by atoms with van der Waals surface area (Å²) in [7, 11) is 1.71. The van der Waals surface area contributed by atoms with Crippen molar-refractivity contribution in [1.29, 1.82) is 0 Å². The van der Waals surface area contributed by atoms with Gasteiger partial charge >= 0.3 is 6.09 Å². The van der Waals surface area contributed by atoms with Crippen molar-refractivity contribution in [3.8, 4) is 0 Å². The number of rotatable bonds is 2. The van der Waals surface area contributed by atoms with Crippen molar-refractivity contribution < 1.29 is 18.8 Å². The molecule has 0 aromatic carbocycles. The largest absolute Gasteiger partial charge is 0.444 e. The second kappa shape index (κ2) is 6.47. The van der Waals surface area contributed by atoms with Gasteiger partial charge in [0.15, 0.2) is 5.82 Å². The first-order chi connectivity index (χ1) is 12.1. The number of fused-ring (bicyclic) bond motifs is 1. The molecule has 2 aromatic heterocycles. The van der Waals surface area contributed by atoms with Gasteiger partial charge in [-0.3, -0.25) is 9.48 Å². The zero-order chi connectivity index (χ0) is 19.1. The monoisotopic (exact) mass is 361 g/mol. The molecule has 2 aromatic rings. The van der Waals surface area contributed by atoms with Gasteiger partial charge in [-0.25, -0.2) is 4.79 Å². The lowest BCUT2D eigenvalue weighted by Gasteiger charge is -2.29. The molecule has 2 amide bonds. The topological polar surface area (TPSA) is 102 Å². The molecule has 0 atom stereocenters. The summed E-state index contributed by atoms with van der Waals surface area (Å²) in [6.07, 6.45) is 0.171. The number of hydrogen-bond donors (Lipinski definition) is 1. The van der Waals surface area contributed by atoms with Crippen LogP contribution in [-0.4, -0.2) is 44.0 Å². The third-order valence-electron chi connectivity index (χ3n) is 3.93. The Morgan fingerprint density at radius 1 is 1.35 bits per heavy atom. The number of carbonyl (C=O) groups is 2. The van der Waals surface area contributed by atoms with Crippen LogP contribution in [-0.2, 0) is 24.8 Å². The fraction of sp³-hybridized carbons (Fsp3) is 0.529. The number of nitrogens with zero attached hydrogens (tertiary/aromatic N) is 4. The normalized spacial score (nSPS) is 14.1. The van der Waals surface area contributed by atoms with Gasteiger partial charge in [0.2, 0.25) is 0 Å². The molecule has 1 N–H and O–H groups in total. The smallest absolute Gasteiger partial charge is 0.410 e. The van der Waals surface area contributed by atoms with E-state index >= 15 is 0 Å². The van der Waals surface area contributed by atoms with Gasteiger partial charge in [-0.05, 0) is 27.7 Å². The van der Waals surface area contributed by atoms with Crippen LogP contribution in [0.3, 0.4) is 0 Å². The number of carbonyl (C=O) groups excluding carboxylic acids is 2. The predicted octanol–water partition coefficient (Wildman–Crippen LogP) is 2.26. The Morgan fingerprint density at radius 2 is 2.08 bits per heavy atom. The van der Waals surface area contributed by atoms with Crippen molar-refractivity contribution in [2.75, 3.05) is 11.9 Å². The van der Waals surface area contributed by atoms with Crippen molar-refractivity contribution in [2.24, 2.45) is 7.05 Å². The molecule has 9 nitrogen and oxygen atoms in total. The van der Waals surface area contributed by atoms with Crippen LogP contribution in [0, 0.1) is 6.92 Å². The van der Waals surface area contributed by atoms with E-state index in [9.17, 15) is 9.59 Å². The zero-order valence-electron chi connectivity index (χ0n) is 15.6. The molecule has 3 heterocycles. The first-order valence-electron chi connectivity index (χ1n) is 8.41. The third-order valence-corrected chi connectivity index (χ3v) is 3.93. The molecule has 26 heavy (non-hydrogen) atoms. The molecule has 1 aliphatic rings. The molecular formula is C17H23N5O4. The van der Waals surface area contributed by atoms with Gasteiger partial charge in [-0.2, -0.15) is 5.10 Å². The van der Waals surface area contributed by atoms with Gasteiger partial charge in [0.25, 0.3) is 5.91 Å². The molecule has 1 aliphatic heterocycles. The van der Waals surface area contributed by atoms with Crippen LogP contribution in [0.25, 0.3) is 0 Å². The molecule has 0 saturated carbocycles. The number of anilines is 1. The standard InChI is InChI=1S/C17H23N5O4/c1-10-8-13(20-26-10)18-15(23)14-11-9-22(16(24)25-17(2,3)4)7-6-12(11)19-21(14)5/h8H,6-7,9H2,1-5H3,(H,18,20,23). The van der Waals surface area contributed by atoms with Crippen molar-refractivity contribution in [3.63, 3.8) is 0 Å². The highest BCUT2D eigenvalue weighted by molar-refractivity contribution is 6.03. The predicted molar refractivity (Wildman–Crippen MR) is 92.7 cm³/mol. The van der Waals surface area contributed by atoms with Crippen LogP contribution in [0.4, 0.5) is 10.6 Å². The number of aryl methyl sites for hydroxylation is 2. The highest BCUT2D eigenvalue weighted by Gasteiger charge is 2.31. The Bertz CT molecular complexity index is 846. The van der Waals surface area contributed by atoms with Crippen LogP contribution in [0.2, 0.25) is 0 Å². The summed E-state index contributed by atoms with van der Waals surface area (Å²) in [5, 5.41) is 10.9. The molecule has 3 rings (SSSR count). The molecule has 140 valence electrons. The van der Waals surface area contributed by atoms with E-state index in [1.54, 1.807) is 24.9 Å². The fourth-order valence-corrected chi connectivity index (χ4v) is 2.87. The summed E-state index contributed by atoms with van der Waals surface area (Å²) in [6, 6.07) is 1.63. The summed E-state index contributed by atoms with van der Waals surface area (Å²) in [6.45, 7) is 7.99. The van der Waals surface area contributed by atoms with Gasteiger partial charge in [0.05, 0.1) is 12.2 Å². The second-order valence-corrected chi connectivity index (χ2v) is 7.33. The van der Waals surface area contributed by atoms with Crippen molar-refractivity contribution in [2.45, 2.75) is 46.3 Å². The summed E-state index contributed by atoms with van der Waals surface area (Å²) in [4.78, 5) is 26.6. The Balaban J connectivity index is 1.81. The lowest BCUT2D eigenvalue weighted by atomic mass is 10.1. The molecule has 0 spiro atoms. The van der Waals surface area contributed by atoms with E-state index in [0.717, 1.165) is 11.3 Å². The first kappa shape index (κ1) is 18.0. The Morgan fingerprint density at radius 3 is 2.69 bits per heavy atom. The van der Waals surface area contributed by atoms with Crippen LogP contribution in [0.5, 0.6) is 0 Å². The second-order valence-electron chi connectivity index (χ2n) is 7.33. The maximum Gasteiger partial charge on any atom is 0.410 e. The minimum atomic E-state index is -0.572. The minimum Gasteiger partial charge on any atom is -0.444 e. The molecule has 0 fully saturated rings. The number of aromatic nitrogens is 3. The summed E-state index contributed by atoms with van der Waals surface area (Å²) < 4.78 is 11.9. The lowest BCUT2D eigenvalue weighted by molar-refractivity contribution is 0.0222. The van der Waals surface area contributed by atoms with Gasteiger partial charge in [-0.15, -0.1) is 0 Å². The van der Waals surface area contributed by atoms with Gasteiger partial charge in [0.1, 0.15) is 17.1 Å². The van der Waals surface area contributed by atoms with Gasteiger partial charge < -0.3 is 19.5 Å². The van der Waals surface area contributed by atoms with Crippen LogP contribution in [0.1, 0.15) is 48.3 Å². The van der Waals surface area contributed by atoms with Crippen molar-refractivity contribution in [1.82, 2.24) is 19.8 Å². The van der Waals surface area contributed by atoms with Crippen LogP contribution in [0.15, 0.2) is 10.6 Å². The highest BCUT2D eigenvalue weighted by atomic mass is 16.6.